The van der Waals surface area contributed by atoms with E-state index in [0.29, 0.717) is 36.1 Å². The average molecular weight is 453 g/mol. The highest BCUT2D eigenvalue weighted by Crippen LogP contribution is 2.21. The molecule has 6 nitrogen and oxygen atoms in total. The van der Waals surface area contributed by atoms with Crippen LogP contribution >= 0.6 is 11.6 Å². The van der Waals surface area contributed by atoms with Crippen molar-refractivity contribution in [2.24, 2.45) is 0 Å². The van der Waals surface area contributed by atoms with Crippen LogP contribution in [0.15, 0.2) is 54.6 Å². The van der Waals surface area contributed by atoms with Crippen LogP contribution in [0.1, 0.15) is 32.7 Å². The maximum absolute atomic E-state index is 12.9. The maximum Gasteiger partial charge on any atom is 0.256 e. The summed E-state index contributed by atoms with van der Waals surface area (Å²) < 4.78 is 7.55. The lowest BCUT2D eigenvalue weighted by Gasteiger charge is -2.33. The summed E-state index contributed by atoms with van der Waals surface area (Å²) in [5.41, 5.74) is 4.61. The van der Waals surface area contributed by atoms with E-state index in [1.54, 1.807) is 4.68 Å². The van der Waals surface area contributed by atoms with E-state index in [1.807, 2.05) is 32.0 Å². The van der Waals surface area contributed by atoms with Gasteiger partial charge in [0.25, 0.3) is 5.91 Å². The molecule has 1 N–H and O–H groups in total. The molecule has 1 fully saturated rings. The summed E-state index contributed by atoms with van der Waals surface area (Å²) in [7, 11) is 0. The molecule has 168 valence electrons. The SMILES string of the molecule is Cc1ccc(Cn2nc(C)c(C(=O)NCC3CN(Cc4ccccc4)CCO3)c2Cl)cc1. The minimum atomic E-state index is -0.216. The number of carbonyl (C=O) groups is 1. The second-order valence-corrected chi connectivity index (χ2v) is 8.68. The van der Waals surface area contributed by atoms with Crippen LogP contribution in [0.5, 0.6) is 0 Å². The highest BCUT2D eigenvalue weighted by Gasteiger charge is 2.24. The van der Waals surface area contributed by atoms with Crippen molar-refractivity contribution in [1.82, 2.24) is 20.0 Å². The predicted octanol–water partition coefficient (Wildman–Crippen LogP) is 3.83. The molecule has 1 unspecified atom stereocenters. The molecular formula is C25H29ClN4O2. The molecular weight excluding hydrogens is 424 g/mol. The summed E-state index contributed by atoms with van der Waals surface area (Å²) in [6, 6.07) is 18.6. The molecule has 32 heavy (non-hydrogen) atoms. The van der Waals surface area contributed by atoms with Crippen molar-refractivity contribution >= 4 is 17.5 Å². The predicted molar refractivity (Wildman–Crippen MR) is 126 cm³/mol. The van der Waals surface area contributed by atoms with E-state index in [4.69, 9.17) is 16.3 Å². The van der Waals surface area contributed by atoms with E-state index in [2.05, 4.69) is 51.7 Å². The normalized spacial score (nSPS) is 16.8. The summed E-state index contributed by atoms with van der Waals surface area (Å²) in [6.45, 7) is 8.01. The number of halogens is 1. The second-order valence-electron chi connectivity index (χ2n) is 8.32. The van der Waals surface area contributed by atoms with Gasteiger partial charge in [-0.1, -0.05) is 71.8 Å². The fourth-order valence-corrected chi connectivity index (χ4v) is 4.29. The molecule has 2 aromatic carbocycles. The first-order valence-corrected chi connectivity index (χ1v) is 11.3. The highest BCUT2D eigenvalue weighted by molar-refractivity contribution is 6.33. The van der Waals surface area contributed by atoms with Gasteiger partial charge in [0, 0.05) is 26.2 Å². The molecule has 1 amide bonds. The quantitative estimate of drug-likeness (QED) is 0.591. The smallest absolute Gasteiger partial charge is 0.256 e. The van der Waals surface area contributed by atoms with Crippen molar-refractivity contribution in [2.45, 2.75) is 33.0 Å². The zero-order valence-electron chi connectivity index (χ0n) is 18.6. The van der Waals surface area contributed by atoms with Gasteiger partial charge in [-0.05, 0) is 25.0 Å². The van der Waals surface area contributed by atoms with Crippen LogP contribution in [0.3, 0.4) is 0 Å². The molecule has 3 aromatic rings. The molecule has 1 saturated heterocycles. The van der Waals surface area contributed by atoms with Gasteiger partial charge in [0.05, 0.1) is 30.5 Å². The Balaban J connectivity index is 1.34. The first-order valence-electron chi connectivity index (χ1n) is 10.9. The molecule has 1 aliphatic heterocycles. The highest BCUT2D eigenvalue weighted by atomic mass is 35.5. The fraction of sp³-hybridized carbons (Fsp3) is 0.360. The van der Waals surface area contributed by atoms with Gasteiger partial charge >= 0.3 is 0 Å². The van der Waals surface area contributed by atoms with Crippen LogP contribution in [0.2, 0.25) is 5.15 Å². The Morgan fingerprint density at radius 3 is 2.56 bits per heavy atom. The van der Waals surface area contributed by atoms with E-state index in [-0.39, 0.29) is 12.0 Å². The molecule has 0 bridgehead atoms. The Morgan fingerprint density at radius 1 is 1.09 bits per heavy atom. The third-order valence-corrected chi connectivity index (χ3v) is 6.09. The molecule has 1 aromatic heterocycles. The number of ether oxygens (including phenoxy) is 1. The van der Waals surface area contributed by atoms with Crippen molar-refractivity contribution < 1.29 is 9.53 Å². The van der Waals surface area contributed by atoms with Crippen LogP contribution in [-0.2, 0) is 17.8 Å². The van der Waals surface area contributed by atoms with Gasteiger partial charge in [0.2, 0.25) is 0 Å². The van der Waals surface area contributed by atoms with Crippen LogP contribution in [0.25, 0.3) is 0 Å². The minimum Gasteiger partial charge on any atom is -0.374 e. The number of hydrogen-bond donors (Lipinski definition) is 1. The summed E-state index contributed by atoms with van der Waals surface area (Å²) in [6.07, 6.45) is -0.0573. The van der Waals surface area contributed by atoms with Crippen molar-refractivity contribution in [3.05, 3.63) is 87.7 Å². The maximum atomic E-state index is 12.9. The Hall–Kier alpha value is -2.67. The Labute approximate surface area is 194 Å². The number of carbonyl (C=O) groups excluding carboxylic acids is 1. The molecule has 1 aliphatic rings. The largest absolute Gasteiger partial charge is 0.374 e. The lowest BCUT2D eigenvalue weighted by atomic mass is 10.1. The fourth-order valence-electron chi connectivity index (χ4n) is 3.97. The zero-order valence-corrected chi connectivity index (χ0v) is 19.3. The monoisotopic (exact) mass is 452 g/mol. The van der Waals surface area contributed by atoms with E-state index < -0.39 is 0 Å². The summed E-state index contributed by atoms with van der Waals surface area (Å²) >= 11 is 6.54. The third-order valence-electron chi connectivity index (χ3n) is 5.71. The number of nitrogens with zero attached hydrogens (tertiary/aromatic N) is 3. The van der Waals surface area contributed by atoms with Crippen molar-refractivity contribution in [3.63, 3.8) is 0 Å². The van der Waals surface area contributed by atoms with Crippen molar-refractivity contribution in [1.29, 1.82) is 0 Å². The topological polar surface area (TPSA) is 59.4 Å². The number of benzene rings is 2. The first kappa shape index (κ1) is 22.5. The minimum absolute atomic E-state index is 0.0573. The van der Waals surface area contributed by atoms with E-state index in [9.17, 15) is 4.79 Å². The van der Waals surface area contributed by atoms with E-state index in [1.165, 1.54) is 11.1 Å². The van der Waals surface area contributed by atoms with E-state index >= 15 is 0 Å². The van der Waals surface area contributed by atoms with Gasteiger partial charge in [-0.25, -0.2) is 4.68 Å². The standard InChI is InChI=1S/C25H29ClN4O2/c1-18-8-10-21(11-9-18)16-30-24(26)23(19(2)28-30)25(31)27-14-22-17-29(12-13-32-22)15-20-6-4-3-5-7-20/h3-11,22H,12-17H2,1-2H3,(H,27,31). The van der Waals surface area contributed by atoms with Crippen LogP contribution in [-0.4, -0.2) is 52.9 Å². The number of hydrogen-bond acceptors (Lipinski definition) is 4. The van der Waals surface area contributed by atoms with Crippen molar-refractivity contribution in [2.75, 3.05) is 26.2 Å². The van der Waals surface area contributed by atoms with Crippen LogP contribution < -0.4 is 5.32 Å². The van der Waals surface area contributed by atoms with Crippen molar-refractivity contribution in [3.8, 4) is 0 Å². The van der Waals surface area contributed by atoms with Gasteiger partial charge in [0.15, 0.2) is 0 Å². The Kier molecular flexibility index (Phi) is 7.25. The van der Waals surface area contributed by atoms with Crippen LogP contribution in [0, 0.1) is 13.8 Å². The number of rotatable bonds is 7. The molecule has 0 aliphatic carbocycles. The lowest BCUT2D eigenvalue weighted by molar-refractivity contribution is -0.0292. The first-order chi connectivity index (χ1) is 15.5. The molecule has 1 atom stereocenters. The number of amides is 1. The zero-order chi connectivity index (χ0) is 22.5. The molecule has 2 heterocycles. The number of morpholine rings is 1. The third kappa shape index (κ3) is 5.57. The Bertz CT molecular complexity index is 1050. The van der Waals surface area contributed by atoms with Gasteiger partial charge in [-0.2, -0.15) is 5.10 Å². The van der Waals surface area contributed by atoms with Gasteiger partial charge in [-0.3, -0.25) is 9.69 Å². The number of aryl methyl sites for hydroxylation is 2. The summed E-state index contributed by atoms with van der Waals surface area (Å²) in [4.78, 5) is 15.2. The molecule has 0 spiro atoms. The lowest BCUT2D eigenvalue weighted by Crippen LogP contribution is -2.47. The van der Waals surface area contributed by atoms with Gasteiger partial charge in [0.1, 0.15) is 5.15 Å². The van der Waals surface area contributed by atoms with Gasteiger partial charge in [-0.15, -0.1) is 0 Å². The molecule has 0 saturated carbocycles. The summed E-state index contributed by atoms with van der Waals surface area (Å²) in [5.74, 6) is -0.216. The number of aromatic nitrogens is 2. The summed E-state index contributed by atoms with van der Waals surface area (Å²) in [5, 5.41) is 7.84. The number of nitrogens with one attached hydrogen (secondary N) is 1. The average Bonchev–Trinajstić information content (AvgIpc) is 3.07. The Morgan fingerprint density at radius 2 is 1.81 bits per heavy atom. The molecule has 0 radical (unpaired) electrons. The van der Waals surface area contributed by atoms with Gasteiger partial charge < -0.3 is 10.1 Å². The second kappa shape index (κ2) is 10.3. The molecule has 7 heteroatoms. The van der Waals surface area contributed by atoms with Crippen LogP contribution in [0.4, 0.5) is 0 Å². The molecule has 4 rings (SSSR count). The van der Waals surface area contributed by atoms with E-state index in [0.717, 1.165) is 25.2 Å².